The third kappa shape index (κ3) is 4.12. The minimum Gasteiger partial charge on any atom is -0.412 e. The molecule has 0 radical (unpaired) electrons. The highest BCUT2D eigenvalue weighted by molar-refractivity contribution is 6.74. The summed E-state index contributed by atoms with van der Waals surface area (Å²) in [5, 5.41) is 11.2. The molecule has 122 valence electrons. The van der Waals surface area contributed by atoms with Crippen LogP contribution in [0.5, 0.6) is 0 Å². The van der Waals surface area contributed by atoms with E-state index in [0.717, 1.165) is 0 Å². The largest absolute Gasteiger partial charge is 0.412 e. The van der Waals surface area contributed by atoms with Gasteiger partial charge in [-0.25, -0.2) is 5.84 Å². The molecular formula is C14H23N3O4Si. The van der Waals surface area contributed by atoms with Gasteiger partial charge in [-0.1, -0.05) is 20.8 Å². The lowest BCUT2D eigenvalue weighted by atomic mass is 10.1. The highest BCUT2D eigenvalue weighted by atomic mass is 28.4. The van der Waals surface area contributed by atoms with Gasteiger partial charge in [0.1, 0.15) is 0 Å². The molecule has 0 atom stereocenters. The summed E-state index contributed by atoms with van der Waals surface area (Å²) < 4.78 is 6.01. The summed E-state index contributed by atoms with van der Waals surface area (Å²) in [6.45, 7) is 10.6. The van der Waals surface area contributed by atoms with Crippen LogP contribution in [-0.2, 0) is 11.0 Å². The van der Waals surface area contributed by atoms with E-state index in [9.17, 15) is 14.9 Å². The van der Waals surface area contributed by atoms with Crippen molar-refractivity contribution in [3.63, 3.8) is 0 Å². The Hall–Kier alpha value is -1.77. The number of hydrogen-bond acceptors (Lipinski definition) is 5. The van der Waals surface area contributed by atoms with Gasteiger partial charge in [-0.3, -0.25) is 20.3 Å². The fourth-order valence-electron chi connectivity index (χ4n) is 1.56. The van der Waals surface area contributed by atoms with Gasteiger partial charge >= 0.3 is 0 Å². The molecule has 0 saturated carbocycles. The van der Waals surface area contributed by atoms with Gasteiger partial charge in [-0.15, -0.1) is 0 Å². The fraction of sp³-hybridized carbons (Fsp3) is 0.500. The summed E-state index contributed by atoms with van der Waals surface area (Å²) in [5.74, 6) is 4.47. The summed E-state index contributed by atoms with van der Waals surface area (Å²) in [5.41, 5.74) is 2.41. The molecule has 22 heavy (non-hydrogen) atoms. The Labute approximate surface area is 131 Å². The first kappa shape index (κ1) is 18.3. The van der Waals surface area contributed by atoms with Crippen molar-refractivity contribution in [2.75, 3.05) is 0 Å². The molecule has 0 aliphatic rings. The summed E-state index contributed by atoms with van der Waals surface area (Å²) >= 11 is 0. The summed E-state index contributed by atoms with van der Waals surface area (Å²) in [6, 6.07) is 4.25. The van der Waals surface area contributed by atoms with Crippen LogP contribution in [0.4, 0.5) is 5.69 Å². The molecule has 1 rings (SSSR count). The molecule has 0 unspecified atom stereocenters. The van der Waals surface area contributed by atoms with E-state index in [-0.39, 0.29) is 22.9 Å². The highest BCUT2D eigenvalue weighted by Crippen LogP contribution is 2.37. The first-order chi connectivity index (χ1) is 9.99. The molecule has 0 aliphatic carbocycles. The molecule has 0 aliphatic heterocycles. The van der Waals surface area contributed by atoms with E-state index in [1.807, 2.05) is 5.43 Å². The Morgan fingerprint density at radius 1 is 1.41 bits per heavy atom. The van der Waals surface area contributed by atoms with E-state index in [4.69, 9.17) is 10.3 Å². The van der Waals surface area contributed by atoms with Crippen molar-refractivity contribution in [2.24, 2.45) is 5.84 Å². The zero-order valence-corrected chi connectivity index (χ0v) is 14.6. The number of nitro benzene ring substituents is 1. The van der Waals surface area contributed by atoms with Gasteiger partial charge in [0.2, 0.25) is 0 Å². The van der Waals surface area contributed by atoms with Crippen molar-refractivity contribution >= 4 is 19.9 Å². The number of nitrogens with one attached hydrogen (secondary N) is 1. The van der Waals surface area contributed by atoms with E-state index < -0.39 is 19.1 Å². The summed E-state index contributed by atoms with van der Waals surface area (Å²) in [7, 11) is -2.01. The first-order valence-corrected chi connectivity index (χ1v) is 9.82. The zero-order chi connectivity index (χ0) is 17.1. The van der Waals surface area contributed by atoms with Crippen molar-refractivity contribution in [3.8, 4) is 0 Å². The molecule has 1 aromatic carbocycles. The zero-order valence-electron chi connectivity index (χ0n) is 13.6. The van der Waals surface area contributed by atoms with Gasteiger partial charge < -0.3 is 4.43 Å². The number of hydrazine groups is 1. The predicted molar refractivity (Wildman–Crippen MR) is 86.7 cm³/mol. The maximum Gasteiger partial charge on any atom is 0.275 e. The van der Waals surface area contributed by atoms with Gasteiger partial charge in [0, 0.05) is 11.6 Å². The van der Waals surface area contributed by atoms with Crippen molar-refractivity contribution in [1.29, 1.82) is 0 Å². The molecule has 3 N–H and O–H groups in total. The first-order valence-electron chi connectivity index (χ1n) is 6.92. The monoisotopic (exact) mass is 325 g/mol. The highest BCUT2D eigenvalue weighted by Gasteiger charge is 2.37. The Balaban J connectivity index is 3.06. The molecule has 0 heterocycles. The molecule has 0 fully saturated rings. The average Bonchev–Trinajstić information content (AvgIpc) is 2.42. The predicted octanol–water partition coefficient (Wildman–Crippen LogP) is 2.72. The van der Waals surface area contributed by atoms with E-state index in [0.29, 0.717) is 5.56 Å². The van der Waals surface area contributed by atoms with Gasteiger partial charge in [0.05, 0.1) is 17.1 Å². The third-order valence-corrected chi connectivity index (χ3v) is 8.55. The maximum absolute atomic E-state index is 11.5. The normalized spacial score (nSPS) is 12.1. The summed E-state index contributed by atoms with van der Waals surface area (Å²) in [4.78, 5) is 22.2. The molecular weight excluding hydrogens is 302 g/mol. The lowest BCUT2D eigenvalue weighted by molar-refractivity contribution is -0.385. The van der Waals surface area contributed by atoms with E-state index >= 15 is 0 Å². The van der Waals surface area contributed by atoms with Crippen LogP contribution in [0.15, 0.2) is 18.2 Å². The number of amides is 1. The minimum atomic E-state index is -2.01. The standard InChI is InChI=1S/C14H23N3O4Si/c1-14(2,3)22(4,5)21-9-11-7-6-10(13(18)16-15)8-12(11)17(19)20/h6-8H,9,15H2,1-5H3,(H,16,18). The third-order valence-electron chi connectivity index (χ3n) is 4.07. The van der Waals surface area contributed by atoms with Crippen LogP contribution in [0.1, 0.15) is 36.7 Å². The topological polar surface area (TPSA) is 107 Å². The molecule has 0 spiro atoms. The second kappa shape index (κ2) is 6.55. The Morgan fingerprint density at radius 3 is 2.45 bits per heavy atom. The number of carbonyl (C=O) groups is 1. The molecule has 7 nitrogen and oxygen atoms in total. The minimum absolute atomic E-state index is 0.0150. The molecule has 8 heteroatoms. The second-order valence-electron chi connectivity index (χ2n) is 6.62. The quantitative estimate of drug-likeness (QED) is 0.284. The van der Waals surface area contributed by atoms with Gasteiger partial charge in [-0.2, -0.15) is 0 Å². The molecule has 1 aromatic rings. The Morgan fingerprint density at radius 2 is 2.00 bits per heavy atom. The number of nitrogens with zero attached hydrogens (tertiary/aromatic N) is 1. The van der Waals surface area contributed by atoms with Crippen LogP contribution < -0.4 is 11.3 Å². The number of benzene rings is 1. The van der Waals surface area contributed by atoms with Crippen molar-refractivity contribution in [2.45, 2.75) is 45.5 Å². The lowest BCUT2D eigenvalue weighted by Gasteiger charge is -2.36. The number of nitro groups is 1. The molecule has 0 aromatic heterocycles. The molecule has 0 bridgehead atoms. The SMILES string of the molecule is CC(C)(C)[Si](C)(C)OCc1ccc(C(=O)NN)cc1[N+](=O)[O-]. The van der Waals surface area contributed by atoms with Crippen LogP contribution in [0.3, 0.4) is 0 Å². The van der Waals surface area contributed by atoms with Gasteiger partial charge in [0.15, 0.2) is 8.32 Å². The van der Waals surface area contributed by atoms with E-state index in [1.54, 1.807) is 0 Å². The Bertz CT molecular complexity index is 582. The fourth-order valence-corrected chi connectivity index (χ4v) is 2.50. The molecule has 1 amide bonds. The van der Waals surface area contributed by atoms with Crippen LogP contribution in [0.25, 0.3) is 0 Å². The smallest absolute Gasteiger partial charge is 0.275 e. The van der Waals surface area contributed by atoms with Crippen molar-refractivity contribution in [3.05, 3.63) is 39.4 Å². The van der Waals surface area contributed by atoms with Crippen LogP contribution in [0.2, 0.25) is 18.1 Å². The van der Waals surface area contributed by atoms with Gasteiger partial charge in [0.25, 0.3) is 11.6 Å². The maximum atomic E-state index is 11.5. The second-order valence-corrected chi connectivity index (χ2v) is 11.4. The number of carbonyl (C=O) groups excluding carboxylic acids is 1. The van der Waals surface area contributed by atoms with Crippen LogP contribution in [-0.4, -0.2) is 19.1 Å². The average molecular weight is 325 g/mol. The number of rotatable bonds is 5. The number of hydrogen-bond donors (Lipinski definition) is 2. The van der Waals surface area contributed by atoms with Crippen LogP contribution >= 0.6 is 0 Å². The van der Waals surface area contributed by atoms with Crippen LogP contribution in [0, 0.1) is 10.1 Å². The number of nitrogen functional groups attached to an aromatic ring is 1. The Kier molecular flexibility index (Phi) is 5.44. The van der Waals surface area contributed by atoms with E-state index in [2.05, 4.69) is 33.9 Å². The lowest BCUT2D eigenvalue weighted by Crippen LogP contribution is -2.40. The summed E-state index contributed by atoms with van der Waals surface area (Å²) in [6.07, 6.45) is 0. The van der Waals surface area contributed by atoms with E-state index in [1.165, 1.54) is 18.2 Å². The molecule has 0 saturated heterocycles. The van der Waals surface area contributed by atoms with Crippen molar-refractivity contribution in [1.82, 2.24) is 5.43 Å². The van der Waals surface area contributed by atoms with Crippen molar-refractivity contribution < 1.29 is 14.1 Å². The van der Waals surface area contributed by atoms with Gasteiger partial charge in [-0.05, 0) is 30.3 Å². The number of nitrogens with two attached hydrogens (primary N) is 1.